The predicted octanol–water partition coefficient (Wildman–Crippen LogP) is 3.10. The molecule has 0 aliphatic carbocycles. The molecule has 8 heteroatoms. The van der Waals surface area contributed by atoms with E-state index in [2.05, 4.69) is 0 Å². The first-order chi connectivity index (χ1) is 9.87. The maximum absolute atomic E-state index is 12.2. The number of benzene rings is 1. The van der Waals surface area contributed by atoms with Crippen LogP contribution < -0.4 is 4.74 Å². The molecule has 0 bridgehead atoms. The number of ether oxygens (including phenoxy) is 1. The van der Waals surface area contributed by atoms with Gasteiger partial charge in [0.25, 0.3) is 0 Å². The van der Waals surface area contributed by atoms with Gasteiger partial charge in [-0.15, -0.1) is 12.4 Å². The minimum absolute atomic E-state index is 0. The first kappa shape index (κ1) is 18.6. The van der Waals surface area contributed by atoms with E-state index in [0.29, 0.717) is 18.5 Å². The highest BCUT2D eigenvalue weighted by atomic mass is 35.5. The van der Waals surface area contributed by atoms with Crippen molar-refractivity contribution in [1.82, 2.24) is 4.90 Å². The van der Waals surface area contributed by atoms with Gasteiger partial charge in [-0.3, -0.25) is 9.69 Å². The highest BCUT2D eigenvalue weighted by Gasteiger charge is 2.32. The molecule has 0 spiro atoms. The summed E-state index contributed by atoms with van der Waals surface area (Å²) in [7, 11) is 0. The SMILES string of the molecule is Cl.O=C(O)[C@H]1CCCN1Cc1ccccc1OCC(F)(F)F. The molecule has 0 unspecified atom stereocenters. The Morgan fingerprint density at radius 1 is 1.36 bits per heavy atom. The second-order valence-electron chi connectivity index (χ2n) is 4.98. The van der Waals surface area contributed by atoms with E-state index in [0.717, 1.165) is 6.42 Å². The van der Waals surface area contributed by atoms with Crippen LogP contribution in [0.3, 0.4) is 0 Å². The van der Waals surface area contributed by atoms with Crippen LogP contribution in [0.15, 0.2) is 24.3 Å². The molecule has 1 aromatic rings. The van der Waals surface area contributed by atoms with Gasteiger partial charge in [-0.25, -0.2) is 0 Å². The lowest BCUT2D eigenvalue weighted by molar-refractivity contribution is -0.153. The lowest BCUT2D eigenvalue weighted by Gasteiger charge is -2.22. The highest BCUT2D eigenvalue weighted by molar-refractivity contribution is 5.85. The smallest absolute Gasteiger partial charge is 0.422 e. The van der Waals surface area contributed by atoms with Gasteiger partial charge in [0.15, 0.2) is 6.61 Å². The Morgan fingerprint density at radius 2 is 2.05 bits per heavy atom. The van der Waals surface area contributed by atoms with Crippen molar-refractivity contribution in [2.24, 2.45) is 0 Å². The van der Waals surface area contributed by atoms with Crippen LogP contribution in [-0.4, -0.2) is 41.3 Å². The number of likely N-dealkylation sites (tertiary alicyclic amines) is 1. The maximum atomic E-state index is 12.2. The molecule has 0 amide bonds. The minimum atomic E-state index is -4.40. The molecule has 124 valence electrons. The summed E-state index contributed by atoms with van der Waals surface area (Å²) in [5, 5.41) is 9.12. The van der Waals surface area contributed by atoms with Gasteiger partial charge in [0, 0.05) is 12.1 Å². The Balaban J connectivity index is 0.00000242. The third kappa shape index (κ3) is 5.06. The van der Waals surface area contributed by atoms with Gasteiger partial charge in [-0.05, 0) is 25.5 Å². The number of aliphatic carboxylic acids is 1. The Bertz CT molecular complexity index is 510. The molecule has 0 aromatic heterocycles. The normalized spacial score (nSPS) is 18.8. The molecule has 1 aliphatic heterocycles. The number of alkyl halides is 3. The van der Waals surface area contributed by atoms with Gasteiger partial charge in [0.05, 0.1) is 0 Å². The zero-order valence-electron chi connectivity index (χ0n) is 11.7. The summed E-state index contributed by atoms with van der Waals surface area (Å²) < 4.78 is 41.5. The van der Waals surface area contributed by atoms with E-state index in [1.165, 1.54) is 6.07 Å². The van der Waals surface area contributed by atoms with Gasteiger partial charge < -0.3 is 9.84 Å². The Labute approximate surface area is 132 Å². The Morgan fingerprint density at radius 3 is 2.68 bits per heavy atom. The van der Waals surface area contributed by atoms with Gasteiger partial charge in [0.2, 0.25) is 0 Å². The molecule has 1 saturated heterocycles. The zero-order valence-corrected chi connectivity index (χ0v) is 12.5. The van der Waals surface area contributed by atoms with E-state index < -0.39 is 24.8 Å². The molecule has 1 N–H and O–H groups in total. The van der Waals surface area contributed by atoms with Crippen LogP contribution in [0.1, 0.15) is 18.4 Å². The zero-order chi connectivity index (χ0) is 15.5. The van der Waals surface area contributed by atoms with E-state index in [1.54, 1.807) is 23.1 Å². The first-order valence-electron chi connectivity index (χ1n) is 6.61. The third-order valence-corrected chi connectivity index (χ3v) is 3.39. The molecule has 1 atom stereocenters. The standard InChI is InChI=1S/C14H16F3NO3.ClH/c15-14(16,17)9-21-12-6-2-1-4-10(12)8-18-7-3-5-11(18)13(19)20;/h1-2,4,6,11H,3,5,7-9H2,(H,19,20);1H/t11-;/m1./s1. The average Bonchev–Trinajstić information content (AvgIpc) is 2.85. The van der Waals surface area contributed by atoms with Crippen molar-refractivity contribution in [2.75, 3.05) is 13.2 Å². The first-order valence-corrected chi connectivity index (χ1v) is 6.61. The molecule has 4 nitrogen and oxygen atoms in total. The molecule has 1 aromatic carbocycles. The van der Waals surface area contributed by atoms with Gasteiger partial charge in [-0.1, -0.05) is 18.2 Å². The summed E-state index contributed by atoms with van der Waals surface area (Å²) in [6.45, 7) is -0.470. The molecule has 22 heavy (non-hydrogen) atoms. The second-order valence-corrected chi connectivity index (χ2v) is 4.98. The van der Waals surface area contributed by atoms with Crippen molar-refractivity contribution >= 4 is 18.4 Å². The number of carbonyl (C=O) groups is 1. The molecule has 0 saturated carbocycles. The maximum Gasteiger partial charge on any atom is 0.422 e. The summed E-state index contributed by atoms with van der Waals surface area (Å²) in [4.78, 5) is 12.9. The van der Waals surface area contributed by atoms with E-state index in [9.17, 15) is 18.0 Å². The monoisotopic (exact) mass is 339 g/mol. The van der Waals surface area contributed by atoms with Crippen LogP contribution in [0.4, 0.5) is 13.2 Å². The fourth-order valence-electron chi connectivity index (χ4n) is 2.45. The van der Waals surface area contributed by atoms with E-state index in [-0.39, 0.29) is 24.7 Å². The fraction of sp³-hybridized carbons (Fsp3) is 0.500. The number of carboxylic acids is 1. The van der Waals surface area contributed by atoms with Crippen molar-refractivity contribution in [2.45, 2.75) is 31.6 Å². The minimum Gasteiger partial charge on any atom is -0.484 e. The number of hydrogen-bond acceptors (Lipinski definition) is 3. The molecule has 1 aliphatic rings. The van der Waals surface area contributed by atoms with Crippen molar-refractivity contribution in [3.8, 4) is 5.75 Å². The van der Waals surface area contributed by atoms with Crippen molar-refractivity contribution in [3.05, 3.63) is 29.8 Å². The van der Waals surface area contributed by atoms with Crippen LogP contribution in [0.2, 0.25) is 0 Å². The number of nitrogens with zero attached hydrogens (tertiary/aromatic N) is 1. The van der Waals surface area contributed by atoms with Crippen LogP contribution in [0.25, 0.3) is 0 Å². The topological polar surface area (TPSA) is 49.8 Å². The Kier molecular flexibility index (Phi) is 6.49. The molecular weight excluding hydrogens is 323 g/mol. The van der Waals surface area contributed by atoms with Crippen LogP contribution in [0, 0.1) is 0 Å². The summed E-state index contributed by atoms with van der Waals surface area (Å²) in [6.07, 6.45) is -3.08. The van der Waals surface area contributed by atoms with Gasteiger partial charge >= 0.3 is 12.1 Å². The average molecular weight is 340 g/mol. The number of hydrogen-bond donors (Lipinski definition) is 1. The van der Waals surface area contributed by atoms with Crippen molar-refractivity contribution < 1.29 is 27.8 Å². The number of para-hydroxylation sites is 1. The van der Waals surface area contributed by atoms with E-state index >= 15 is 0 Å². The highest BCUT2D eigenvalue weighted by Crippen LogP contribution is 2.26. The summed E-state index contributed by atoms with van der Waals surface area (Å²) in [6, 6.07) is 5.83. The van der Waals surface area contributed by atoms with Crippen LogP contribution >= 0.6 is 12.4 Å². The fourth-order valence-corrected chi connectivity index (χ4v) is 2.45. The van der Waals surface area contributed by atoms with Crippen molar-refractivity contribution in [1.29, 1.82) is 0 Å². The van der Waals surface area contributed by atoms with Crippen LogP contribution in [-0.2, 0) is 11.3 Å². The predicted molar refractivity (Wildman–Crippen MR) is 76.3 cm³/mol. The second kappa shape index (κ2) is 7.69. The lowest BCUT2D eigenvalue weighted by atomic mass is 10.1. The largest absolute Gasteiger partial charge is 0.484 e. The van der Waals surface area contributed by atoms with Gasteiger partial charge in [0.1, 0.15) is 11.8 Å². The van der Waals surface area contributed by atoms with Crippen molar-refractivity contribution in [3.63, 3.8) is 0 Å². The van der Waals surface area contributed by atoms with E-state index in [1.807, 2.05) is 0 Å². The summed E-state index contributed by atoms with van der Waals surface area (Å²) in [5.74, 6) is -0.757. The summed E-state index contributed by atoms with van der Waals surface area (Å²) >= 11 is 0. The lowest BCUT2D eigenvalue weighted by Crippen LogP contribution is -2.35. The van der Waals surface area contributed by atoms with E-state index in [4.69, 9.17) is 9.84 Å². The molecule has 2 rings (SSSR count). The molecule has 0 radical (unpaired) electrons. The quantitative estimate of drug-likeness (QED) is 0.895. The van der Waals surface area contributed by atoms with Crippen LogP contribution in [0.5, 0.6) is 5.75 Å². The van der Waals surface area contributed by atoms with Gasteiger partial charge in [-0.2, -0.15) is 13.2 Å². The third-order valence-electron chi connectivity index (χ3n) is 3.39. The molecular formula is C14H17ClF3NO3. The Hall–Kier alpha value is -1.47. The molecule has 1 heterocycles. The number of halogens is 4. The number of carboxylic acid groups (broad SMARTS) is 1. The number of rotatable bonds is 5. The summed E-state index contributed by atoms with van der Waals surface area (Å²) in [5.41, 5.74) is 0.565. The molecule has 1 fully saturated rings.